The SMILES string of the molecule is N#CC1CCC2C(C1)OC1CC(NC3CC=C(C4CCC5C(C4)OC4CC(C#N)CCC45)CC3)CCC12. The van der Waals surface area contributed by atoms with Crippen LogP contribution in [-0.4, -0.2) is 36.5 Å². The van der Waals surface area contributed by atoms with Crippen LogP contribution in [-0.2, 0) is 9.47 Å². The van der Waals surface area contributed by atoms with Gasteiger partial charge in [-0.2, -0.15) is 10.5 Å². The summed E-state index contributed by atoms with van der Waals surface area (Å²) in [4.78, 5) is 0. The molecule has 7 aliphatic rings. The second-order valence-corrected chi connectivity index (χ2v) is 13.8. The molecule has 2 aliphatic heterocycles. The zero-order valence-corrected chi connectivity index (χ0v) is 22.4. The summed E-state index contributed by atoms with van der Waals surface area (Å²) in [5, 5.41) is 22.8. The van der Waals surface area contributed by atoms with E-state index in [1.807, 2.05) is 0 Å². The summed E-state index contributed by atoms with van der Waals surface area (Å²) in [7, 11) is 0. The first kappa shape index (κ1) is 24.6. The second kappa shape index (κ2) is 10.3. The molecule has 5 heteroatoms. The molecule has 4 saturated carbocycles. The van der Waals surface area contributed by atoms with Crippen LogP contribution in [0.4, 0.5) is 0 Å². The summed E-state index contributed by atoms with van der Waals surface area (Å²) in [6, 6.07) is 6.21. The maximum absolute atomic E-state index is 9.37. The van der Waals surface area contributed by atoms with E-state index in [1.54, 1.807) is 5.57 Å². The van der Waals surface area contributed by atoms with E-state index in [0.717, 1.165) is 49.4 Å². The Kier molecular flexibility index (Phi) is 6.85. The highest BCUT2D eigenvalue weighted by atomic mass is 16.5. The van der Waals surface area contributed by atoms with Gasteiger partial charge in [0.05, 0.1) is 36.6 Å². The van der Waals surface area contributed by atoms with Crippen LogP contribution in [0.3, 0.4) is 0 Å². The number of ether oxygens (including phenoxy) is 2. The van der Waals surface area contributed by atoms with E-state index in [4.69, 9.17) is 9.47 Å². The molecule has 13 atom stereocenters. The van der Waals surface area contributed by atoms with E-state index >= 15 is 0 Å². The molecule has 2 heterocycles. The highest BCUT2D eigenvalue weighted by Crippen LogP contribution is 2.52. The lowest BCUT2D eigenvalue weighted by molar-refractivity contribution is -0.00650. The van der Waals surface area contributed by atoms with Crippen molar-refractivity contribution < 1.29 is 9.47 Å². The second-order valence-electron chi connectivity index (χ2n) is 13.8. The van der Waals surface area contributed by atoms with Gasteiger partial charge in [-0.1, -0.05) is 11.6 Å². The lowest BCUT2D eigenvalue weighted by atomic mass is 9.67. The number of nitrogens with zero attached hydrogens (tertiary/aromatic N) is 2. The van der Waals surface area contributed by atoms with Gasteiger partial charge in [0.1, 0.15) is 0 Å². The molecule has 37 heavy (non-hydrogen) atoms. The number of rotatable bonds is 3. The molecule has 5 aliphatic carbocycles. The standard InChI is InChI=1S/C32H45N3O2/c33-17-19-1-9-25-27-11-5-22(15-31(27)36-29(25)13-19)21-3-6-23(7-4-21)35-24-8-12-28-26-10-2-20(18-34)14-30(26)37-32(28)16-24/h3,19-20,22-32,35H,1-2,4-16H2. The van der Waals surface area contributed by atoms with Crippen molar-refractivity contribution in [1.82, 2.24) is 5.32 Å². The molecule has 5 nitrogen and oxygen atoms in total. The molecule has 13 unspecified atom stereocenters. The maximum Gasteiger partial charge on any atom is 0.0656 e. The highest BCUT2D eigenvalue weighted by Gasteiger charge is 2.50. The third-order valence-electron chi connectivity index (χ3n) is 12.0. The third kappa shape index (κ3) is 4.68. The van der Waals surface area contributed by atoms with Gasteiger partial charge in [-0.3, -0.25) is 0 Å². The van der Waals surface area contributed by atoms with E-state index in [-0.39, 0.29) is 11.8 Å². The zero-order chi connectivity index (χ0) is 24.9. The van der Waals surface area contributed by atoms with E-state index in [0.29, 0.717) is 42.4 Å². The summed E-state index contributed by atoms with van der Waals surface area (Å²) < 4.78 is 13.2. The van der Waals surface area contributed by atoms with Crippen LogP contribution in [0.25, 0.3) is 0 Å². The Morgan fingerprint density at radius 2 is 1.19 bits per heavy atom. The molecule has 6 fully saturated rings. The fourth-order valence-corrected chi connectivity index (χ4v) is 10.1. The van der Waals surface area contributed by atoms with E-state index in [9.17, 15) is 10.5 Å². The molecule has 0 aromatic rings. The molecule has 0 spiro atoms. The van der Waals surface area contributed by atoms with Crippen LogP contribution >= 0.6 is 0 Å². The lowest BCUT2D eigenvalue weighted by Gasteiger charge is -2.38. The summed E-state index contributed by atoms with van der Waals surface area (Å²) in [6.45, 7) is 0. The van der Waals surface area contributed by atoms with Gasteiger partial charge in [-0.15, -0.1) is 0 Å². The summed E-state index contributed by atoms with van der Waals surface area (Å²) in [6.07, 6.45) is 22.0. The smallest absolute Gasteiger partial charge is 0.0656 e. The monoisotopic (exact) mass is 503 g/mol. The Morgan fingerprint density at radius 3 is 1.78 bits per heavy atom. The van der Waals surface area contributed by atoms with Crippen LogP contribution in [0, 0.1) is 64.1 Å². The van der Waals surface area contributed by atoms with Crippen molar-refractivity contribution in [3.8, 4) is 12.1 Å². The first-order valence-electron chi connectivity index (χ1n) is 15.7. The van der Waals surface area contributed by atoms with Crippen molar-refractivity contribution in [3.05, 3.63) is 11.6 Å². The Morgan fingerprint density at radius 1 is 0.622 bits per heavy atom. The molecule has 200 valence electrons. The van der Waals surface area contributed by atoms with Crippen LogP contribution < -0.4 is 5.32 Å². The van der Waals surface area contributed by atoms with E-state index in [2.05, 4.69) is 23.5 Å². The van der Waals surface area contributed by atoms with Gasteiger partial charge >= 0.3 is 0 Å². The van der Waals surface area contributed by atoms with Gasteiger partial charge < -0.3 is 14.8 Å². The topological polar surface area (TPSA) is 78.1 Å². The Balaban J connectivity index is 0.896. The number of hydrogen-bond donors (Lipinski definition) is 1. The molecule has 0 amide bonds. The molecule has 0 bridgehead atoms. The van der Waals surface area contributed by atoms with Crippen molar-refractivity contribution in [2.45, 2.75) is 133 Å². The van der Waals surface area contributed by atoms with Crippen molar-refractivity contribution in [2.75, 3.05) is 0 Å². The fraction of sp³-hybridized carbons (Fsp3) is 0.875. The average molecular weight is 504 g/mol. The van der Waals surface area contributed by atoms with Gasteiger partial charge in [0.25, 0.3) is 0 Å². The lowest BCUT2D eigenvalue weighted by Crippen LogP contribution is -2.45. The number of fused-ring (bicyclic) bond motifs is 6. The summed E-state index contributed by atoms with van der Waals surface area (Å²) in [5.41, 5.74) is 1.71. The minimum Gasteiger partial charge on any atom is -0.374 e. The number of nitriles is 2. The van der Waals surface area contributed by atoms with E-state index < -0.39 is 0 Å². The third-order valence-corrected chi connectivity index (χ3v) is 12.0. The van der Waals surface area contributed by atoms with Gasteiger partial charge in [-0.05, 0) is 126 Å². The normalized spacial score (nSPS) is 51.0. The predicted molar refractivity (Wildman–Crippen MR) is 141 cm³/mol. The molecular formula is C32H45N3O2. The number of hydrogen-bond acceptors (Lipinski definition) is 5. The van der Waals surface area contributed by atoms with Crippen molar-refractivity contribution >= 4 is 0 Å². The van der Waals surface area contributed by atoms with Crippen LogP contribution in [0.2, 0.25) is 0 Å². The molecule has 0 aromatic heterocycles. The number of allylic oxidation sites excluding steroid dienone is 1. The Hall–Kier alpha value is -1.40. The van der Waals surface area contributed by atoms with Gasteiger partial charge in [0.2, 0.25) is 0 Å². The molecular weight excluding hydrogens is 458 g/mol. The Bertz CT molecular complexity index is 966. The fourth-order valence-electron chi connectivity index (χ4n) is 10.1. The average Bonchev–Trinajstić information content (AvgIpc) is 3.49. The number of nitrogens with one attached hydrogen (secondary N) is 1. The zero-order valence-electron chi connectivity index (χ0n) is 22.4. The first-order valence-corrected chi connectivity index (χ1v) is 15.7. The maximum atomic E-state index is 9.37. The molecule has 1 N–H and O–H groups in total. The predicted octanol–water partition coefficient (Wildman–Crippen LogP) is 6.05. The van der Waals surface area contributed by atoms with Gasteiger partial charge in [0.15, 0.2) is 0 Å². The quantitative estimate of drug-likeness (QED) is 0.474. The largest absolute Gasteiger partial charge is 0.374 e. The Labute approximate surface area is 223 Å². The van der Waals surface area contributed by atoms with Gasteiger partial charge in [-0.25, -0.2) is 0 Å². The van der Waals surface area contributed by atoms with Crippen molar-refractivity contribution in [3.63, 3.8) is 0 Å². The highest BCUT2D eigenvalue weighted by molar-refractivity contribution is 5.15. The van der Waals surface area contributed by atoms with Crippen molar-refractivity contribution in [2.24, 2.45) is 41.4 Å². The van der Waals surface area contributed by atoms with Gasteiger partial charge in [0, 0.05) is 23.9 Å². The molecule has 7 rings (SSSR count). The molecule has 0 radical (unpaired) electrons. The molecule has 2 saturated heterocycles. The summed E-state index contributed by atoms with van der Waals surface area (Å²) in [5.74, 6) is 4.08. The minimum absolute atomic E-state index is 0.217. The first-order chi connectivity index (χ1) is 18.2. The van der Waals surface area contributed by atoms with Crippen molar-refractivity contribution in [1.29, 1.82) is 10.5 Å². The van der Waals surface area contributed by atoms with Crippen LogP contribution in [0.15, 0.2) is 11.6 Å². The van der Waals surface area contributed by atoms with E-state index in [1.165, 1.54) is 70.6 Å². The van der Waals surface area contributed by atoms with Crippen LogP contribution in [0.1, 0.15) is 96.3 Å². The minimum atomic E-state index is 0.217. The van der Waals surface area contributed by atoms with Crippen LogP contribution in [0.5, 0.6) is 0 Å². The summed E-state index contributed by atoms with van der Waals surface area (Å²) >= 11 is 0. The molecule has 0 aromatic carbocycles.